The zero-order valence-corrected chi connectivity index (χ0v) is 15.3. The molecule has 0 aliphatic carbocycles. The molecule has 0 saturated carbocycles. The van der Waals surface area contributed by atoms with E-state index in [1.807, 2.05) is 24.7 Å². The van der Waals surface area contributed by atoms with Crippen molar-refractivity contribution in [1.29, 1.82) is 0 Å². The molecule has 0 spiro atoms. The minimum absolute atomic E-state index is 0.276. The van der Waals surface area contributed by atoms with E-state index in [-0.39, 0.29) is 4.90 Å². The molecule has 1 aliphatic heterocycles. The minimum Gasteiger partial charge on any atom is -0.321 e. The summed E-state index contributed by atoms with van der Waals surface area (Å²) in [5, 5.41) is 0. The van der Waals surface area contributed by atoms with Crippen molar-refractivity contribution in [2.45, 2.75) is 30.6 Å². The molecule has 1 saturated heterocycles. The van der Waals surface area contributed by atoms with Crippen molar-refractivity contribution in [3.05, 3.63) is 60.9 Å². The molecule has 4 rings (SSSR count). The summed E-state index contributed by atoms with van der Waals surface area (Å²) in [4.78, 5) is 8.78. The lowest BCUT2D eigenvalue weighted by Gasteiger charge is -2.20. The maximum atomic E-state index is 12.8. The number of sulfonamides is 1. The minimum atomic E-state index is -3.46. The van der Waals surface area contributed by atoms with E-state index in [2.05, 4.69) is 20.4 Å². The summed E-state index contributed by atoms with van der Waals surface area (Å²) in [6, 6.07) is 7.38. The molecular weight excluding hydrogens is 348 g/mol. The van der Waals surface area contributed by atoms with Gasteiger partial charge in [-0.05, 0) is 55.9 Å². The van der Waals surface area contributed by atoms with Crippen LogP contribution in [0.3, 0.4) is 0 Å². The highest BCUT2D eigenvalue weighted by atomic mass is 32.2. The number of pyridine rings is 1. The van der Waals surface area contributed by atoms with Crippen molar-refractivity contribution in [1.82, 2.24) is 18.7 Å². The second-order valence-corrected chi connectivity index (χ2v) is 8.71. The van der Waals surface area contributed by atoms with Crippen LogP contribution in [0, 0.1) is 5.92 Å². The Morgan fingerprint density at radius 3 is 2.85 bits per heavy atom. The predicted molar refractivity (Wildman–Crippen MR) is 99.2 cm³/mol. The van der Waals surface area contributed by atoms with Crippen LogP contribution in [0.2, 0.25) is 0 Å². The van der Waals surface area contributed by atoms with Gasteiger partial charge in [-0.1, -0.05) is 0 Å². The summed E-state index contributed by atoms with van der Waals surface area (Å²) in [6.07, 6.45) is 12.4. The van der Waals surface area contributed by atoms with Gasteiger partial charge in [-0.2, -0.15) is 4.31 Å². The van der Waals surface area contributed by atoms with Crippen LogP contribution in [0.15, 0.2) is 60.1 Å². The van der Waals surface area contributed by atoms with Crippen molar-refractivity contribution >= 4 is 15.5 Å². The zero-order valence-electron chi connectivity index (χ0n) is 14.5. The number of rotatable bonds is 4. The topological polar surface area (TPSA) is 67.6 Å². The van der Waals surface area contributed by atoms with Gasteiger partial charge in [0.05, 0.1) is 11.2 Å². The van der Waals surface area contributed by atoms with Gasteiger partial charge >= 0.3 is 0 Å². The van der Waals surface area contributed by atoms with Gasteiger partial charge in [-0.3, -0.25) is 9.97 Å². The van der Waals surface area contributed by atoms with E-state index in [0.29, 0.717) is 19.0 Å². The van der Waals surface area contributed by atoms with Crippen LogP contribution < -0.4 is 0 Å². The molecule has 3 aromatic rings. The number of fused-ring (bicyclic) bond motifs is 1. The highest BCUT2D eigenvalue weighted by Gasteiger charge is 2.28. The third-order valence-corrected chi connectivity index (χ3v) is 6.98. The molecule has 136 valence electrons. The van der Waals surface area contributed by atoms with E-state index in [1.54, 1.807) is 22.6 Å². The van der Waals surface area contributed by atoms with Crippen molar-refractivity contribution in [3.8, 4) is 0 Å². The molecule has 26 heavy (non-hydrogen) atoms. The van der Waals surface area contributed by atoms with E-state index < -0.39 is 10.0 Å². The van der Waals surface area contributed by atoms with Gasteiger partial charge in [-0.15, -0.1) is 0 Å². The van der Waals surface area contributed by atoms with Crippen LogP contribution in [0.1, 0.15) is 25.0 Å². The lowest BCUT2D eigenvalue weighted by atomic mass is 9.95. The molecule has 1 aliphatic rings. The lowest BCUT2D eigenvalue weighted by Crippen LogP contribution is -2.32. The molecule has 4 heterocycles. The van der Waals surface area contributed by atoms with Crippen molar-refractivity contribution in [2.24, 2.45) is 5.92 Å². The first-order valence-corrected chi connectivity index (χ1v) is 10.4. The Hall–Kier alpha value is -2.25. The maximum Gasteiger partial charge on any atom is 0.244 e. The highest BCUT2D eigenvalue weighted by molar-refractivity contribution is 7.89. The van der Waals surface area contributed by atoms with Gasteiger partial charge in [0.15, 0.2) is 0 Å². The average molecular weight is 370 g/mol. The van der Waals surface area contributed by atoms with Crippen LogP contribution >= 0.6 is 0 Å². The molecule has 0 aromatic carbocycles. The van der Waals surface area contributed by atoms with E-state index in [0.717, 1.165) is 36.9 Å². The number of aromatic nitrogens is 3. The van der Waals surface area contributed by atoms with Crippen LogP contribution in [-0.2, 0) is 16.4 Å². The van der Waals surface area contributed by atoms with Crippen molar-refractivity contribution in [2.75, 3.05) is 13.1 Å². The Labute approximate surface area is 153 Å². The molecule has 0 amide bonds. The number of nitrogens with zero attached hydrogens (tertiary/aromatic N) is 4. The van der Waals surface area contributed by atoms with Gasteiger partial charge in [0.25, 0.3) is 0 Å². The Morgan fingerprint density at radius 1 is 1.08 bits per heavy atom. The summed E-state index contributed by atoms with van der Waals surface area (Å²) >= 11 is 0. The normalized spacial score (nSPS) is 19.5. The van der Waals surface area contributed by atoms with E-state index >= 15 is 0 Å². The monoisotopic (exact) mass is 370 g/mol. The highest BCUT2D eigenvalue weighted by Crippen LogP contribution is 2.26. The summed E-state index contributed by atoms with van der Waals surface area (Å²) in [5.41, 5.74) is 2.22. The van der Waals surface area contributed by atoms with Crippen LogP contribution in [0.4, 0.5) is 0 Å². The fourth-order valence-electron chi connectivity index (χ4n) is 3.69. The molecule has 1 atom stereocenters. The number of hydrogen-bond donors (Lipinski definition) is 0. The van der Waals surface area contributed by atoms with Gasteiger partial charge in [0.1, 0.15) is 4.90 Å². The Morgan fingerprint density at radius 2 is 2.00 bits per heavy atom. The first-order chi connectivity index (χ1) is 12.6. The quantitative estimate of drug-likeness (QED) is 0.708. The third kappa shape index (κ3) is 3.37. The summed E-state index contributed by atoms with van der Waals surface area (Å²) in [5.74, 6) is 0.442. The van der Waals surface area contributed by atoms with Gasteiger partial charge in [0.2, 0.25) is 10.0 Å². The molecule has 0 radical (unpaired) electrons. The van der Waals surface area contributed by atoms with E-state index in [9.17, 15) is 8.42 Å². The molecule has 6 nitrogen and oxygen atoms in total. The molecule has 7 heteroatoms. The molecule has 0 bridgehead atoms. The van der Waals surface area contributed by atoms with E-state index in [4.69, 9.17) is 0 Å². The first-order valence-electron chi connectivity index (χ1n) is 8.95. The smallest absolute Gasteiger partial charge is 0.244 e. The molecule has 1 fully saturated rings. The standard InChI is InChI=1S/C19H22N4O2S/c24-26(25,17-5-1-8-20-15-17)23-11-2-4-16(7-12-23)14-18-19-6-3-10-22(19)13-9-21-18/h1,3,5-6,8-10,13,15-16H,2,4,7,11-12,14H2/t16-/m0/s1. The first kappa shape index (κ1) is 17.2. The van der Waals surface area contributed by atoms with E-state index in [1.165, 1.54) is 6.20 Å². The van der Waals surface area contributed by atoms with Crippen LogP contribution in [-0.4, -0.2) is 40.2 Å². The maximum absolute atomic E-state index is 12.8. The van der Waals surface area contributed by atoms with Crippen molar-refractivity contribution in [3.63, 3.8) is 0 Å². The summed E-state index contributed by atoms with van der Waals surface area (Å²) in [7, 11) is -3.46. The molecular formula is C19H22N4O2S. The fraction of sp³-hybridized carbons (Fsp3) is 0.368. The lowest BCUT2D eigenvalue weighted by molar-refractivity contribution is 0.409. The van der Waals surface area contributed by atoms with Gasteiger partial charge < -0.3 is 4.40 Å². The second-order valence-electron chi connectivity index (χ2n) is 6.77. The third-order valence-electron chi connectivity index (χ3n) is 5.09. The number of hydrogen-bond acceptors (Lipinski definition) is 4. The Bertz CT molecular complexity index is 985. The SMILES string of the molecule is O=S(=O)(c1cccnc1)N1CCC[C@H](Cc2nccn3cccc23)CC1. The Balaban J connectivity index is 1.48. The van der Waals surface area contributed by atoms with Crippen molar-refractivity contribution < 1.29 is 8.42 Å². The Kier molecular flexibility index (Phi) is 4.74. The summed E-state index contributed by atoms with van der Waals surface area (Å²) in [6.45, 7) is 1.11. The predicted octanol–water partition coefficient (Wildman–Crippen LogP) is 2.76. The van der Waals surface area contributed by atoms with Gasteiger partial charge in [0, 0.05) is 44.1 Å². The molecule has 3 aromatic heterocycles. The molecule has 0 N–H and O–H groups in total. The fourth-order valence-corrected chi connectivity index (χ4v) is 5.15. The van der Waals surface area contributed by atoms with Gasteiger partial charge in [-0.25, -0.2) is 8.42 Å². The average Bonchev–Trinajstić information content (AvgIpc) is 3.02. The largest absolute Gasteiger partial charge is 0.321 e. The van der Waals surface area contributed by atoms with Crippen LogP contribution in [0.25, 0.3) is 5.52 Å². The molecule has 0 unspecified atom stereocenters. The van der Waals surface area contributed by atoms with Crippen LogP contribution in [0.5, 0.6) is 0 Å². The second kappa shape index (κ2) is 7.17. The summed E-state index contributed by atoms with van der Waals surface area (Å²) < 4.78 is 29.3. The zero-order chi connectivity index (χ0) is 18.0.